The van der Waals surface area contributed by atoms with Crippen molar-refractivity contribution in [2.24, 2.45) is 0 Å². The zero-order valence-electron chi connectivity index (χ0n) is 15.4. The fourth-order valence-corrected chi connectivity index (χ4v) is 3.02. The molecule has 1 atom stereocenters. The Kier molecular flexibility index (Phi) is 6.39. The van der Waals surface area contributed by atoms with Gasteiger partial charge in [-0.3, -0.25) is 4.79 Å². The van der Waals surface area contributed by atoms with E-state index in [0.717, 1.165) is 11.1 Å². The highest BCUT2D eigenvalue weighted by atomic mass is 16.4. The van der Waals surface area contributed by atoms with Gasteiger partial charge in [-0.25, -0.2) is 4.98 Å². The summed E-state index contributed by atoms with van der Waals surface area (Å²) in [6, 6.07) is 19.5. The van der Waals surface area contributed by atoms with Gasteiger partial charge in [0.2, 0.25) is 11.8 Å². The molecule has 1 heterocycles. The molecule has 3 aromatic rings. The summed E-state index contributed by atoms with van der Waals surface area (Å²) in [5, 5.41) is 12.3. The monoisotopic (exact) mass is 364 g/mol. The van der Waals surface area contributed by atoms with Crippen LogP contribution in [0.3, 0.4) is 0 Å². The van der Waals surface area contributed by atoms with Crippen LogP contribution in [-0.2, 0) is 11.2 Å². The van der Waals surface area contributed by atoms with Gasteiger partial charge in [-0.2, -0.15) is 0 Å². The Morgan fingerprint density at radius 3 is 2.44 bits per heavy atom. The molecule has 140 valence electrons. The van der Waals surface area contributed by atoms with Crippen molar-refractivity contribution < 1.29 is 14.3 Å². The van der Waals surface area contributed by atoms with E-state index in [2.05, 4.69) is 10.3 Å². The van der Waals surface area contributed by atoms with Crippen LogP contribution in [0.1, 0.15) is 29.4 Å². The lowest BCUT2D eigenvalue weighted by Crippen LogP contribution is -2.30. The molecule has 1 unspecified atom stereocenters. The highest BCUT2D eigenvalue weighted by molar-refractivity contribution is 5.78. The number of aromatic nitrogens is 1. The molecule has 0 saturated heterocycles. The van der Waals surface area contributed by atoms with E-state index in [4.69, 9.17) is 4.42 Å². The topological polar surface area (TPSA) is 75.4 Å². The van der Waals surface area contributed by atoms with Gasteiger partial charge in [0.05, 0.1) is 12.1 Å². The van der Waals surface area contributed by atoms with Gasteiger partial charge in [0.25, 0.3) is 0 Å². The Hall–Kier alpha value is -2.92. The van der Waals surface area contributed by atoms with Gasteiger partial charge in [-0.15, -0.1) is 0 Å². The first kappa shape index (κ1) is 18.9. The molecule has 0 radical (unpaired) electrons. The van der Waals surface area contributed by atoms with Crippen LogP contribution < -0.4 is 5.32 Å². The van der Waals surface area contributed by atoms with Crippen molar-refractivity contribution >= 4 is 5.91 Å². The molecular formula is C22H24N2O3. The van der Waals surface area contributed by atoms with Crippen molar-refractivity contribution in [3.63, 3.8) is 0 Å². The maximum Gasteiger partial charge on any atom is 0.226 e. The van der Waals surface area contributed by atoms with Crippen molar-refractivity contribution in [1.82, 2.24) is 10.3 Å². The molecular weight excluding hydrogens is 340 g/mol. The van der Waals surface area contributed by atoms with Crippen LogP contribution >= 0.6 is 0 Å². The number of aliphatic hydroxyl groups excluding tert-OH is 1. The molecule has 5 heteroatoms. The predicted octanol–water partition coefficient (Wildman–Crippen LogP) is 3.47. The fourth-order valence-electron chi connectivity index (χ4n) is 3.02. The van der Waals surface area contributed by atoms with Gasteiger partial charge in [-0.05, 0) is 31.0 Å². The Morgan fingerprint density at radius 1 is 1.11 bits per heavy atom. The Bertz CT molecular complexity index is 860. The van der Waals surface area contributed by atoms with E-state index >= 15 is 0 Å². The van der Waals surface area contributed by atoms with Gasteiger partial charge in [-0.1, -0.05) is 48.5 Å². The summed E-state index contributed by atoms with van der Waals surface area (Å²) in [6.07, 6.45) is 0.772. The first-order chi connectivity index (χ1) is 13.2. The number of nitrogens with one attached hydrogen (secondary N) is 1. The number of amides is 1. The number of aliphatic hydroxyl groups is 1. The van der Waals surface area contributed by atoms with Gasteiger partial charge in [0.15, 0.2) is 0 Å². The zero-order chi connectivity index (χ0) is 19.1. The third-order valence-electron chi connectivity index (χ3n) is 4.54. The van der Waals surface area contributed by atoms with Crippen LogP contribution in [0.25, 0.3) is 11.5 Å². The third kappa shape index (κ3) is 5.05. The molecule has 0 aliphatic rings. The second-order valence-corrected chi connectivity index (χ2v) is 6.49. The van der Waals surface area contributed by atoms with E-state index in [-0.39, 0.29) is 24.9 Å². The smallest absolute Gasteiger partial charge is 0.226 e. The molecule has 0 aliphatic heterocycles. The normalized spacial score (nSPS) is 11.9. The molecule has 2 aromatic carbocycles. The first-order valence-electron chi connectivity index (χ1n) is 9.11. The van der Waals surface area contributed by atoms with E-state index in [1.165, 1.54) is 0 Å². The quantitative estimate of drug-likeness (QED) is 0.642. The van der Waals surface area contributed by atoms with Crippen LogP contribution in [0, 0.1) is 6.92 Å². The Morgan fingerprint density at radius 2 is 1.78 bits per heavy atom. The largest absolute Gasteiger partial charge is 0.441 e. The summed E-state index contributed by atoms with van der Waals surface area (Å²) in [4.78, 5) is 16.9. The minimum absolute atomic E-state index is 0.0816. The zero-order valence-corrected chi connectivity index (χ0v) is 15.4. The maximum atomic E-state index is 12.4. The molecule has 2 N–H and O–H groups in total. The summed E-state index contributed by atoms with van der Waals surface area (Å²) in [6.45, 7) is 2.38. The van der Waals surface area contributed by atoms with Gasteiger partial charge < -0.3 is 14.8 Å². The summed E-state index contributed by atoms with van der Waals surface area (Å²) in [5.41, 5.74) is 2.64. The molecule has 0 spiro atoms. The van der Waals surface area contributed by atoms with Crippen molar-refractivity contribution in [2.45, 2.75) is 25.7 Å². The average Bonchev–Trinajstić information content (AvgIpc) is 3.07. The second-order valence-electron chi connectivity index (χ2n) is 6.49. The highest BCUT2D eigenvalue weighted by Crippen LogP contribution is 2.22. The Labute approximate surface area is 159 Å². The fraction of sp³-hybridized carbons (Fsp3) is 0.273. The van der Waals surface area contributed by atoms with E-state index in [0.29, 0.717) is 30.3 Å². The summed E-state index contributed by atoms with van der Waals surface area (Å²) >= 11 is 0. The standard InChI is InChI=1S/C22H24N2O3/c1-16-20(24-22(27-16)18-10-6-3-7-11-18)14-21(26)23-15-19(12-13-25)17-8-4-2-5-9-17/h2-11,19,25H,12-15H2,1H3,(H,23,26). The van der Waals surface area contributed by atoms with Crippen molar-refractivity contribution in [3.05, 3.63) is 77.7 Å². The summed E-state index contributed by atoms with van der Waals surface area (Å²) in [7, 11) is 0. The first-order valence-corrected chi connectivity index (χ1v) is 9.11. The minimum atomic E-state index is -0.107. The number of rotatable bonds is 8. The summed E-state index contributed by atoms with van der Waals surface area (Å²) in [5.74, 6) is 1.15. The molecule has 27 heavy (non-hydrogen) atoms. The number of hydrogen-bond donors (Lipinski definition) is 2. The van der Waals surface area contributed by atoms with E-state index in [1.54, 1.807) is 0 Å². The number of hydrogen-bond acceptors (Lipinski definition) is 4. The lowest BCUT2D eigenvalue weighted by atomic mass is 9.96. The van der Waals surface area contributed by atoms with Crippen molar-refractivity contribution in [3.8, 4) is 11.5 Å². The number of nitrogens with zero attached hydrogens (tertiary/aromatic N) is 1. The summed E-state index contributed by atoms with van der Waals surface area (Å²) < 4.78 is 5.71. The van der Waals surface area contributed by atoms with Crippen molar-refractivity contribution in [1.29, 1.82) is 0 Å². The minimum Gasteiger partial charge on any atom is -0.441 e. The van der Waals surface area contributed by atoms with Crippen LogP contribution in [0.2, 0.25) is 0 Å². The molecule has 1 amide bonds. The van der Waals surface area contributed by atoms with Gasteiger partial charge in [0.1, 0.15) is 5.76 Å². The van der Waals surface area contributed by atoms with Crippen molar-refractivity contribution in [2.75, 3.05) is 13.2 Å². The van der Waals surface area contributed by atoms with E-state index in [1.807, 2.05) is 67.6 Å². The van der Waals surface area contributed by atoms with E-state index in [9.17, 15) is 9.90 Å². The Balaban J connectivity index is 1.61. The number of carbonyl (C=O) groups excluding carboxylic acids is 1. The third-order valence-corrected chi connectivity index (χ3v) is 4.54. The number of carbonyl (C=O) groups is 1. The van der Waals surface area contributed by atoms with Gasteiger partial charge >= 0.3 is 0 Å². The molecule has 0 saturated carbocycles. The van der Waals surface area contributed by atoms with Crippen LogP contribution in [0.4, 0.5) is 0 Å². The van der Waals surface area contributed by atoms with Gasteiger partial charge in [0, 0.05) is 24.6 Å². The molecule has 1 aromatic heterocycles. The molecule has 3 rings (SSSR count). The lowest BCUT2D eigenvalue weighted by molar-refractivity contribution is -0.120. The average molecular weight is 364 g/mol. The SMILES string of the molecule is Cc1oc(-c2ccccc2)nc1CC(=O)NCC(CCO)c1ccccc1. The molecule has 0 fully saturated rings. The van der Waals surface area contributed by atoms with Crippen LogP contribution in [-0.4, -0.2) is 29.1 Å². The highest BCUT2D eigenvalue weighted by Gasteiger charge is 2.16. The number of benzene rings is 2. The maximum absolute atomic E-state index is 12.4. The molecule has 5 nitrogen and oxygen atoms in total. The van der Waals surface area contributed by atoms with Crippen LogP contribution in [0.15, 0.2) is 65.1 Å². The molecule has 0 aliphatic carbocycles. The number of oxazole rings is 1. The van der Waals surface area contributed by atoms with E-state index < -0.39 is 0 Å². The second kappa shape index (κ2) is 9.14. The van der Waals surface area contributed by atoms with Crippen LogP contribution in [0.5, 0.6) is 0 Å². The number of aryl methyl sites for hydroxylation is 1. The molecule has 0 bridgehead atoms. The lowest BCUT2D eigenvalue weighted by Gasteiger charge is -2.17. The predicted molar refractivity (Wildman–Crippen MR) is 104 cm³/mol.